The van der Waals surface area contributed by atoms with Crippen LogP contribution in [0, 0.1) is 22.7 Å². The topological polar surface area (TPSA) is 23.8 Å². The molecule has 0 saturated heterocycles. The zero-order valence-electron chi connectivity index (χ0n) is 11.0. The van der Waals surface area contributed by atoms with Gasteiger partial charge < -0.3 is 0 Å². The first-order chi connectivity index (χ1) is 8.67. The van der Waals surface area contributed by atoms with Crippen molar-refractivity contribution in [2.75, 3.05) is 0 Å². The van der Waals surface area contributed by atoms with Gasteiger partial charge in [0.2, 0.25) is 0 Å². The Bertz CT molecular complexity index is 449. The third kappa shape index (κ3) is 3.14. The van der Waals surface area contributed by atoms with Gasteiger partial charge >= 0.3 is 0 Å². The molecule has 1 aromatic rings. The van der Waals surface area contributed by atoms with E-state index in [0.29, 0.717) is 0 Å². The monoisotopic (exact) mass is 305 g/mol. The normalized spacial score (nSPS) is 27.7. The van der Waals surface area contributed by atoms with Crippen LogP contribution < -0.4 is 0 Å². The molecule has 0 spiro atoms. The van der Waals surface area contributed by atoms with Crippen molar-refractivity contribution in [2.45, 2.75) is 45.4 Å². The molecule has 0 N–H and O–H groups in total. The highest BCUT2D eigenvalue weighted by Gasteiger charge is 2.36. The van der Waals surface area contributed by atoms with E-state index in [1.54, 1.807) is 0 Å². The molecule has 0 radical (unpaired) electrons. The predicted octanol–water partition coefficient (Wildman–Crippen LogP) is 5.10. The molecule has 1 nitrogen and oxygen atoms in total. The van der Waals surface area contributed by atoms with E-state index >= 15 is 0 Å². The molecule has 96 valence electrons. The van der Waals surface area contributed by atoms with Gasteiger partial charge in [-0.1, -0.05) is 54.2 Å². The average Bonchev–Trinajstić information content (AvgIpc) is 2.39. The first-order valence-corrected chi connectivity index (χ1v) is 7.62. The van der Waals surface area contributed by atoms with Crippen LogP contribution in [0.1, 0.15) is 44.6 Å². The van der Waals surface area contributed by atoms with Crippen LogP contribution in [-0.4, -0.2) is 0 Å². The van der Waals surface area contributed by atoms with Gasteiger partial charge in [-0.3, -0.25) is 0 Å². The van der Waals surface area contributed by atoms with Crippen LogP contribution >= 0.6 is 15.9 Å². The third-order valence-electron chi connectivity index (χ3n) is 4.19. The van der Waals surface area contributed by atoms with Gasteiger partial charge in [-0.05, 0) is 42.9 Å². The molecule has 1 aliphatic carbocycles. The van der Waals surface area contributed by atoms with Gasteiger partial charge in [-0.2, -0.15) is 5.26 Å². The van der Waals surface area contributed by atoms with Crippen LogP contribution in [0.5, 0.6) is 0 Å². The van der Waals surface area contributed by atoms with Gasteiger partial charge in [-0.25, -0.2) is 0 Å². The molecule has 0 bridgehead atoms. The quantitative estimate of drug-likeness (QED) is 0.762. The fourth-order valence-electron chi connectivity index (χ4n) is 3.17. The van der Waals surface area contributed by atoms with E-state index in [1.807, 2.05) is 6.07 Å². The molecular weight excluding hydrogens is 286 g/mol. The summed E-state index contributed by atoms with van der Waals surface area (Å²) in [6.45, 7) is 2.25. The zero-order chi connectivity index (χ0) is 13.0. The Morgan fingerprint density at radius 3 is 3.00 bits per heavy atom. The van der Waals surface area contributed by atoms with Gasteiger partial charge in [0.1, 0.15) is 0 Å². The minimum absolute atomic E-state index is 0.125. The maximum Gasteiger partial charge on any atom is 0.0693 e. The van der Waals surface area contributed by atoms with E-state index in [1.165, 1.54) is 24.8 Å². The molecule has 2 unspecified atom stereocenters. The molecule has 0 heterocycles. The lowest BCUT2D eigenvalue weighted by Crippen LogP contribution is -2.29. The molecular formula is C16H20BrN. The number of nitriles is 1. The molecule has 2 rings (SSSR count). The Balaban J connectivity index is 2.16. The van der Waals surface area contributed by atoms with Crippen molar-refractivity contribution in [1.82, 2.24) is 0 Å². The SMILES string of the molecule is CCC1CCCC(C#N)(Cc2cccc(Br)c2)C1. The summed E-state index contributed by atoms with van der Waals surface area (Å²) in [5, 5.41) is 9.62. The molecule has 1 saturated carbocycles. The van der Waals surface area contributed by atoms with E-state index < -0.39 is 0 Å². The first kappa shape index (κ1) is 13.6. The largest absolute Gasteiger partial charge is 0.198 e. The molecule has 1 aromatic carbocycles. The Hall–Kier alpha value is -0.810. The maximum atomic E-state index is 9.62. The number of hydrogen-bond donors (Lipinski definition) is 0. The highest BCUT2D eigenvalue weighted by Crippen LogP contribution is 2.42. The lowest BCUT2D eigenvalue weighted by Gasteiger charge is -2.35. The highest BCUT2D eigenvalue weighted by molar-refractivity contribution is 9.10. The van der Waals surface area contributed by atoms with E-state index in [-0.39, 0.29) is 5.41 Å². The van der Waals surface area contributed by atoms with E-state index in [0.717, 1.165) is 29.7 Å². The number of halogens is 1. The third-order valence-corrected chi connectivity index (χ3v) is 4.69. The fraction of sp³-hybridized carbons (Fsp3) is 0.562. The number of nitrogens with zero attached hydrogens (tertiary/aromatic N) is 1. The molecule has 18 heavy (non-hydrogen) atoms. The lowest BCUT2D eigenvalue weighted by atomic mass is 9.67. The summed E-state index contributed by atoms with van der Waals surface area (Å²) in [6.07, 6.45) is 6.76. The van der Waals surface area contributed by atoms with Crippen LogP contribution in [-0.2, 0) is 6.42 Å². The summed E-state index contributed by atoms with van der Waals surface area (Å²) in [5.74, 6) is 0.741. The van der Waals surface area contributed by atoms with E-state index in [9.17, 15) is 5.26 Å². The van der Waals surface area contributed by atoms with Crippen LogP contribution in [0.2, 0.25) is 0 Å². The summed E-state index contributed by atoms with van der Waals surface area (Å²) in [4.78, 5) is 0. The second kappa shape index (κ2) is 5.89. The van der Waals surface area contributed by atoms with Crippen molar-refractivity contribution in [2.24, 2.45) is 11.3 Å². The Morgan fingerprint density at radius 1 is 1.50 bits per heavy atom. The fourth-order valence-corrected chi connectivity index (χ4v) is 3.62. The van der Waals surface area contributed by atoms with Gasteiger partial charge in [0.05, 0.1) is 11.5 Å². The Kier molecular flexibility index (Phi) is 4.45. The minimum Gasteiger partial charge on any atom is -0.198 e. The number of rotatable bonds is 3. The predicted molar refractivity (Wildman–Crippen MR) is 78.1 cm³/mol. The zero-order valence-corrected chi connectivity index (χ0v) is 12.5. The van der Waals surface area contributed by atoms with Gasteiger partial charge in [0.15, 0.2) is 0 Å². The van der Waals surface area contributed by atoms with E-state index in [4.69, 9.17) is 0 Å². The van der Waals surface area contributed by atoms with Crippen molar-refractivity contribution < 1.29 is 0 Å². The van der Waals surface area contributed by atoms with Crippen molar-refractivity contribution in [1.29, 1.82) is 5.26 Å². The second-order valence-corrected chi connectivity index (χ2v) is 6.49. The first-order valence-electron chi connectivity index (χ1n) is 6.83. The molecule has 0 aliphatic heterocycles. The standard InChI is InChI=1S/C16H20BrN/c1-2-13-6-4-8-16(10-13,12-18)11-14-5-3-7-15(17)9-14/h3,5,7,9,13H,2,4,6,8,10-11H2,1H3. The van der Waals surface area contributed by atoms with Crippen LogP contribution in [0.25, 0.3) is 0 Å². The molecule has 2 heteroatoms. The van der Waals surface area contributed by atoms with Gasteiger partial charge in [0, 0.05) is 4.47 Å². The van der Waals surface area contributed by atoms with Crippen molar-refractivity contribution in [3.8, 4) is 6.07 Å². The lowest BCUT2D eigenvalue weighted by molar-refractivity contribution is 0.194. The van der Waals surface area contributed by atoms with Crippen molar-refractivity contribution >= 4 is 15.9 Å². The summed E-state index contributed by atoms with van der Waals surface area (Å²) in [7, 11) is 0. The second-order valence-electron chi connectivity index (χ2n) is 5.57. The van der Waals surface area contributed by atoms with Gasteiger partial charge in [0.25, 0.3) is 0 Å². The van der Waals surface area contributed by atoms with Gasteiger partial charge in [-0.15, -0.1) is 0 Å². The van der Waals surface area contributed by atoms with Crippen LogP contribution in [0.4, 0.5) is 0 Å². The molecule has 1 fully saturated rings. The number of benzene rings is 1. The summed E-state index contributed by atoms with van der Waals surface area (Å²) >= 11 is 3.51. The maximum absolute atomic E-state index is 9.62. The smallest absolute Gasteiger partial charge is 0.0693 e. The number of hydrogen-bond acceptors (Lipinski definition) is 1. The summed E-state index contributed by atoms with van der Waals surface area (Å²) in [6, 6.07) is 11.0. The minimum atomic E-state index is -0.125. The Labute approximate surface area is 118 Å². The van der Waals surface area contributed by atoms with Crippen molar-refractivity contribution in [3.63, 3.8) is 0 Å². The molecule has 2 atom stereocenters. The Morgan fingerprint density at radius 2 is 2.33 bits per heavy atom. The summed E-state index contributed by atoms with van der Waals surface area (Å²) < 4.78 is 1.11. The van der Waals surface area contributed by atoms with E-state index in [2.05, 4.69) is 47.1 Å². The summed E-state index contributed by atoms with van der Waals surface area (Å²) in [5.41, 5.74) is 1.15. The highest BCUT2D eigenvalue weighted by atomic mass is 79.9. The average molecular weight is 306 g/mol. The van der Waals surface area contributed by atoms with Crippen LogP contribution in [0.15, 0.2) is 28.7 Å². The molecule has 0 amide bonds. The molecule has 0 aromatic heterocycles. The molecule has 1 aliphatic rings. The van der Waals surface area contributed by atoms with Crippen LogP contribution in [0.3, 0.4) is 0 Å². The van der Waals surface area contributed by atoms with Crippen molar-refractivity contribution in [3.05, 3.63) is 34.3 Å².